The molecule has 1 aliphatic carbocycles. The summed E-state index contributed by atoms with van der Waals surface area (Å²) in [5, 5.41) is 6.72. The minimum Gasteiger partial charge on any atom is -0.449 e. The van der Waals surface area contributed by atoms with Crippen molar-refractivity contribution >= 4 is 22.9 Å². The number of amides is 3. The first-order chi connectivity index (χ1) is 15.5. The molecule has 1 aromatic carbocycles. The van der Waals surface area contributed by atoms with Gasteiger partial charge in [0.15, 0.2) is 11.3 Å². The molecule has 1 aliphatic heterocycles. The molecular formula is C24H25FN4O3. The number of hydrogen-bond donors (Lipinski definition) is 2. The molecule has 1 atom stereocenters. The van der Waals surface area contributed by atoms with Crippen LogP contribution in [0.3, 0.4) is 0 Å². The molecule has 7 nitrogen and oxygen atoms in total. The van der Waals surface area contributed by atoms with Gasteiger partial charge in [0, 0.05) is 37.8 Å². The topological polar surface area (TPSA) is 87.5 Å². The summed E-state index contributed by atoms with van der Waals surface area (Å²) < 4.78 is 18.9. The van der Waals surface area contributed by atoms with Crippen molar-refractivity contribution in [2.45, 2.75) is 25.8 Å². The van der Waals surface area contributed by atoms with E-state index in [0.717, 1.165) is 30.2 Å². The smallest absolute Gasteiger partial charge is 0.317 e. The highest BCUT2D eigenvalue weighted by Gasteiger charge is 2.54. The van der Waals surface area contributed by atoms with Crippen molar-refractivity contribution in [2.75, 3.05) is 19.6 Å². The Morgan fingerprint density at radius 2 is 2.03 bits per heavy atom. The number of fused-ring (bicyclic) bond motifs is 1. The number of halogens is 1. The number of hydrogen-bond acceptors (Lipinski definition) is 4. The molecule has 3 amide bonds. The summed E-state index contributed by atoms with van der Waals surface area (Å²) in [7, 11) is 0. The van der Waals surface area contributed by atoms with Crippen LogP contribution in [-0.2, 0) is 6.54 Å². The van der Waals surface area contributed by atoms with Crippen molar-refractivity contribution in [1.29, 1.82) is 0 Å². The van der Waals surface area contributed by atoms with E-state index in [1.165, 1.54) is 12.1 Å². The fourth-order valence-corrected chi connectivity index (χ4v) is 4.72. The van der Waals surface area contributed by atoms with Gasteiger partial charge in [-0.1, -0.05) is 12.1 Å². The zero-order chi connectivity index (χ0) is 22.1. The van der Waals surface area contributed by atoms with Gasteiger partial charge in [-0.3, -0.25) is 9.78 Å². The summed E-state index contributed by atoms with van der Waals surface area (Å²) in [5.41, 5.74) is 1.55. The van der Waals surface area contributed by atoms with E-state index in [4.69, 9.17) is 4.42 Å². The molecule has 5 rings (SSSR count). The SMILES string of the molecule is O=C(NCC1CC12CCN(C(=O)NCc1cccc(F)c1)CC2)c1cc2ccncc2o1. The molecular weight excluding hydrogens is 411 g/mol. The predicted molar refractivity (Wildman–Crippen MR) is 116 cm³/mol. The first-order valence-electron chi connectivity index (χ1n) is 10.9. The maximum Gasteiger partial charge on any atom is 0.317 e. The van der Waals surface area contributed by atoms with Crippen molar-refractivity contribution in [3.63, 3.8) is 0 Å². The number of carbonyl (C=O) groups excluding carboxylic acids is 2. The minimum absolute atomic E-state index is 0.117. The maximum atomic E-state index is 13.3. The first kappa shape index (κ1) is 20.5. The minimum atomic E-state index is -0.305. The Labute approximate surface area is 185 Å². The van der Waals surface area contributed by atoms with E-state index in [2.05, 4.69) is 15.6 Å². The largest absolute Gasteiger partial charge is 0.449 e. The summed E-state index contributed by atoms with van der Waals surface area (Å²) in [4.78, 5) is 30.7. The molecule has 1 spiro atoms. The van der Waals surface area contributed by atoms with Crippen LogP contribution < -0.4 is 10.6 Å². The number of likely N-dealkylation sites (tertiary alicyclic amines) is 1. The van der Waals surface area contributed by atoms with E-state index in [0.29, 0.717) is 43.4 Å². The second-order valence-corrected chi connectivity index (χ2v) is 8.77. The Bertz CT molecular complexity index is 1120. The first-order valence-corrected chi connectivity index (χ1v) is 10.9. The van der Waals surface area contributed by atoms with Crippen molar-refractivity contribution in [2.24, 2.45) is 11.3 Å². The predicted octanol–water partition coefficient (Wildman–Crippen LogP) is 3.71. The van der Waals surface area contributed by atoms with Gasteiger partial charge in [0.2, 0.25) is 0 Å². The fourth-order valence-electron chi connectivity index (χ4n) is 4.72. The molecule has 166 valence electrons. The van der Waals surface area contributed by atoms with E-state index < -0.39 is 0 Å². The maximum absolute atomic E-state index is 13.3. The third-order valence-electron chi connectivity index (χ3n) is 6.79. The molecule has 2 aliphatic rings. The van der Waals surface area contributed by atoms with Crippen LogP contribution in [0.15, 0.2) is 53.2 Å². The number of nitrogens with zero attached hydrogens (tertiary/aromatic N) is 2. The Kier molecular flexibility index (Phi) is 5.28. The lowest BCUT2D eigenvalue weighted by Crippen LogP contribution is -2.45. The highest BCUT2D eigenvalue weighted by Crippen LogP contribution is 2.59. The van der Waals surface area contributed by atoms with Crippen LogP contribution in [-0.4, -0.2) is 41.5 Å². The van der Waals surface area contributed by atoms with E-state index in [-0.39, 0.29) is 23.2 Å². The quantitative estimate of drug-likeness (QED) is 0.638. The summed E-state index contributed by atoms with van der Waals surface area (Å²) in [5.74, 6) is 0.209. The summed E-state index contributed by atoms with van der Waals surface area (Å²) in [6.45, 7) is 2.30. The van der Waals surface area contributed by atoms with Gasteiger partial charge in [0.25, 0.3) is 5.91 Å². The highest BCUT2D eigenvalue weighted by atomic mass is 19.1. The van der Waals surface area contributed by atoms with E-state index in [1.807, 2.05) is 11.0 Å². The third kappa shape index (κ3) is 4.17. The van der Waals surface area contributed by atoms with Crippen molar-refractivity contribution < 1.29 is 18.4 Å². The van der Waals surface area contributed by atoms with Gasteiger partial charge < -0.3 is 20.0 Å². The number of nitrogens with one attached hydrogen (secondary N) is 2. The average Bonchev–Trinajstić information content (AvgIpc) is 3.27. The normalized spacial score (nSPS) is 19.2. The second kappa shape index (κ2) is 8.26. The summed E-state index contributed by atoms with van der Waals surface area (Å²) >= 11 is 0. The molecule has 3 heterocycles. The zero-order valence-electron chi connectivity index (χ0n) is 17.6. The lowest BCUT2D eigenvalue weighted by atomic mass is 9.91. The zero-order valence-corrected chi connectivity index (χ0v) is 17.6. The molecule has 2 aromatic heterocycles. The summed E-state index contributed by atoms with van der Waals surface area (Å²) in [6.07, 6.45) is 6.19. The number of aromatic nitrogens is 1. The standard InChI is InChI=1S/C24H25FN4O3/c25-19-3-1-2-16(10-19)13-28-23(31)29-8-5-24(6-9-29)12-18(24)14-27-22(30)20-11-17-4-7-26-15-21(17)32-20/h1-4,7,10-11,15,18H,5-6,8-9,12-14H2,(H,27,30)(H,28,31). The van der Waals surface area contributed by atoms with Crippen LogP contribution in [0.2, 0.25) is 0 Å². The van der Waals surface area contributed by atoms with E-state index in [1.54, 1.807) is 30.6 Å². The van der Waals surface area contributed by atoms with Crippen molar-refractivity contribution in [1.82, 2.24) is 20.5 Å². The molecule has 1 unspecified atom stereocenters. The lowest BCUT2D eigenvalue weighted by Gasteiger charge is -2.33. The molecule has 0 bridgehead atoms. The van der Waals surface area contributed by atoms with Gasteiger partial charge in [-0.05, 0) is 60.4 Å². The third-order valence-corrected chi connectivity index (χ3v) is 6.79. The molecule has 1 saturated heterocycles. The molecule has 3 aromatic rings. The van der Waals surface area contributed by atoms with Crippen LogP contribution in [0.1, 0.15) is 35.4 Å². The van der Waals surface area contributed by atoms with Crippen LogP contribution >= 0.6 is 0 Å². The molecule has 1 saturated carbocycles. The second-order valence-electron chi connectivity index (χ2n) is 8.77. The Morgan fingerprint density at radius 1 is 1.19 bits per heavy atom. The number of rotatable bonds is 5. The number of carbonyl (C=O) groups is 2. The van der Waals surface area contributed by atoms with Crippen molar-refractivity contribution in [3.05, 3.63) is 65.9 Å². The van der Waals surface area contributed by atoms with Crippen LogP contribution in [0.4, 0.5) is 9.18 Å². The van der Waals surface area contributed by atoms with Crippen LogP contribution in [0, 0.1) is 17.2 Å². The molecule has 32 heavy (non-hydrogen) atoms. The van der Waals surface area contributed by atoms with Gasteiger partial charge in [0.05, 0.1) is 6.20 Å². The van der Waals surface area contributed by atoms with Crippen LogP contribution in [0.25, 0.3) is 11.0 Å². The number of urea groups is 1. The molecule has 0 radical (unpaired) electrons. The Balaban J connectivity index is 1.07. The number of pyridine rings is 1. The fraction of sp³-hybridized carbons (Fsp3) is 0.375. The van der Waals surface area contributed by atoms with E-state index >= 15 is 0 Å². The van der Waals surface area contributed by atoms with Gasteiger partial charge in [0.1, 0.15) is 5.82 Å². The molecule has 2 N–H and O–H groups in total. The number of piperidine rings is 1. The van der Waals surface area contributed by atoms with Gasteiger partial charge in [-0.15, -0.1) is 0 Å². The van der Waals surface area contributed by atoms with Gasteiger partial charge in [-0.25, -0.2) is 9.18 Å². The average molecular weight is 436 g/mol. The van der Waals surface area contributed by atoms with E-state index in [9.17, 15) is 14.0 Å². The Morgan fingerprint density at radius 3 is 2.81 bits per heavy atom. The van der Waals surface area contributed by atoms with Crippen molar-refractivity contribution in [3.8, 4) is 0 Å². The summed E-state index contributed by atoms with van der Waals surface area (Å²) in [6, 6.07) is 9.67. The molecule has 8 heteroatoms. The Hall–Kier alpha value is -3.42. The molecule has 2 fully saturated rings. The lowest BCUT2D eigenvalue weighted by molar-refractivity contribution is 0.0922. The number of benzene rings is 1. The highest BCUT2D eigenvalue weighted by molar-refractivity contribution is 5.95. The van der Waals surface area contributed by atoms with Gasteiger partial charge >= 0.3 is 6.03 Å². The van der Waals surface area contributed by atoms with Gasteiger partial charge in [-0.2, -0.15) is 0 Å². The van der Waals surface area contributed by atoms with Crippen LogP contribution in [0.5, 0.6) is 0 Å². The number of furan rings is 1. The monoisotopic (exact) mass is 436 g/mol.